The van der Waals surface area contributed by atoms with E-state index in [1.807, 2.05) is 6.07 Å². The summed E-state index contributed by atoms with van der Waals surface area (Å²) in [6.45, 7) is 2.78. The normalized spacial score (nSPS) is 28.1. The van der Waals surface area contributed by atoms with Gasteiger partial charge in [-0.05, 0) is 49.8 Å². The molecule has 4 heteroatoms. The van der Waals surface area contributed by atoms with Crippen molar-refractivity contribution in [1.82, 2.24) is 0 Å². The first-order chi connectivity index (χ1) is 8.48. The lowest BCUT2D eigenvalue weighted by Gasteiger charge is -2.35. The molecule has 18 heavy (non-hydrogen) atoms. The molecule has 1 aliphatic carbocycles. The van der Waals surface area contributed by atoms with Gasteiger partial charge >= 0.3 is 0 Å². The van der Waals surface area contributed by atoms with E-state index in [4.69, 9.17) is 17.3 Å². The molecule has 0 unspecified atom stereocenters. The number of rotatable bonds is 3. The molecule has 1 aliphatic rings. The Balaban J connectivity index is 1.94. The average Bonchev–Trinajstić information content (AvgIpc) is 2.32. The van der Waals surface area contributed by atoms with E-state index in [0.29, 0.717) is 17.3 Å². The lowest BCUT2D eigenvalue weighted by molar-refractivity contribution is 0.00501. The third-order valence-corrected chi connectivity index (χ3v) is 4.12. The number of anilines is 2. The van der Waals surface area contributed by atoms with E-state index in [2.05, 4.69) is 12.2 Å². The van der Waals surface area contributed by atoms with Gasteiger partial charge in [0, 0.05) is 12.2 Å². The van der Waals surface area contributed by atoms with Gasteiger partial charge in [-0.2, -0.15) is 0 Å². The molecule has 0 radical (unpaired) electrons. The van der Waals surface area contributed by atoms with Crippen LogP contribution < -0.4 is 11.1 Å². The van der Waals surface area contributed by atoms with Crippen molar-refractivity contribution in [3.05, 3.63) is 23.2 Å². The Morgan fingerprint density at radius 3 is 2.72 bits per heavy atom. The van der Waals surface area contributed by atoms with Crippen molar-refractivity contribution in [2.45, 2.75) is 38.2 Å². The Morgan fingerprint density at radius 2 is 2.11 bits per heavy atom. The van der Waals surface area contributed by atoms with Crippen LogP contribution in [0.3, 0.4) is 0 Å². The quantitative estimate of drug-likeness (QED) is 0.738. The molecule has 0 aromatic heterocycles. The van der Waals surface area contributed by atoms with Gasteiger partial charge in [-0.1, -0.05) is 18.5 Å². The fraction of sp³-hybridized carbons (Fsp3) is 0.571. The molecule has 1 saturated carbocycles. The van der Waals surface area contributed by atoms with Crippen molar-refractivity contribution in [3.63, 3.8) is 0 Å². The Hall–Kier alpha value is -0.930. The highest BCUT2D eigenvalue weighted by Crippen LogP contribution is 2.33. The van der Waals surface area contributed by atoms with Crippen molar-refractivity contribution in [2.24, 2.45) is 5.92 Å². The molecule has 0 aliphatic heterocycles. The molecule has 1 fully saturated rings. The van der Waals surface area contributed by atoms with Crippen LogP contribution in [0.1, 0.15) is 32.6 Å². The van der Waals surface area contributed by atoms with Crippen LogP contribution >= 0.6 is 11.6 Å². The molecule has 0 spiro atoms. The van der Waals surface area contributed by atoms with Crippen LogP contribution in [0.4, 0.5) is 11.4 Å². The number of benzene rings is 1. The Morgan fingerprint density at radius 1 is 1.44 bits per heavy atom. The van der Waals surface area contributed by atoms with E-state index in [9.17, 15) is 5.11 Å². The largest absolute Gasteiger partial charge is 0.399 e. The van der Waals surface area contributed by atoms with Crippen LogP contribution in [0, 0.1) is 5.92 Å². The highest BCUT2D eigenvalue weighted by molar-refractivity contribution is 6.33. The lowest BCUT2D eigenvalue weighted by Crippen LogP contribution is -2.40. The zero-order valence-corrected chi connectivity index (χ0v) is 11.5. The smallest absolute Gasteiger partial charge is 0.0819 e. The molecular weight excluding hydrogens is 248 g/mol. The van der Waals surface area contributed by atoms with Gasteiger partial charge in [0.2, 0.25) is 0 Å². The molecule has 0 atom stereocenters. The number of nitrogens with two attached hydrogens (primary N) is 1. The third-order valence-electron chi connectivity index (χ3n) is 3.81. The zero-order chi connectivity index (χ0) is 13.2. The molecule has 2 rings (SSSR count). The van der Waals surface area contributed by atoms with Gasteiger partial charge in [-0.15, -0.1) is 0 Å². The van der Waals surface area contributed by atoms with Crippen molar-refractivity contribution < 1.29 is 5.11 Å². The third kappa shape index (κ3) is 3.30. The summed E-state index contributed by atoms with van der Waals surface area (Å²) in [6, 6.07) is 5.38. The maximum absolute atomic E-state index is 10.5. The Bertz CT molecular complexity index is 414. The Labute approximate surface area is 113 Å². The second-order valence-electron chi connectivity index (χ2n) is 5.50. The zero-order valence-electron chi connectivity index (χ0n) is 10.7. The second-order valence-corrected chi connectivity index (χ2v) is 5.91. The molecule has 100 valence electrons. The minimum absolute atomic E-state index is 0.545. The number of nitrogens with one attached hydrogen (secondary N) is 1. The molecule has 0 bridgehead atoms. The number of aliphatic hydroxyl groups is 1. The summed E-state index contributed by atoms with van der Waals surface area (Å²) < 4.78 is 0. The molecule has 4 N–H and O–H groups in total. The van der Waals surface area contributed by atoms with E-state index in [0.717, 1.165) is 37.3 Å². The number of hydrogen-bond donors (Lipinski definition) is 3. The summed E-state index contributed by atoms with van der Waals surface area (Å²) in [7, 11) is 0. The highest BCUT2D eigenvalue weighted by Gasteiger charge is 2.31. The molecular formula is C14H21ClN2O. The van der Waals surface area contributed by atoms with Crippen LogP contribution in [-0.4, -0.2) is 17.3 Å². The van der Waals surface area contributed by atoms with Crippen LogP contribution in [0.2, 0.25) is 5.02 Å². The molecule has 1 aromatic carbocycles. The molecule has 3 nitrogen and oxygen atoms in total. The van der Waals surface area contributed by atoms with Crippen LogP contribution in [0.15, 0.2) is 18.2 Å². The summed E-state index contributed by atoms with van der Waals surface area (Å²) in [4.78, 5) is 0. The minimum atomic E-state index is -0.600. The summed E-state index contributed by atoms with van der Waals surface area (Å²) in [6.07, 6.45) is 3.89. The SMILES string of the molecule is CC1CCC(O)(CNc2ccc(N)cc2Cl)CC1. The first-order valence-electron chi connectivity index (χ1n) is 6.50. The highest BCUT2D eigenvalue weighted by atomic mass is 35.5. The van der Waals surface area contributed by atoms with E-state index in [-0.39, 0.29) is 0 Å². The fourth-order valence-electron chi connectivity index (χ4n) is 2.41. The molecule has 0 saturated heterocycles. The van der Waals surface area contributed by atoms with Crippen molar-refractivity contribution in [2.75, 3.05) is 17.6 Å². The van der Waals surface area contributed by atoms with Gasteiger partial charge in [-0.3, -0.25) is 0 Å². The van der Waals surface area contributed by atoms with Crippen molar-refractivity contribution >= 4 is 23.0 Å². The number of nitrogen functional groups attached to an aromatic ring is 1. The van der Waals surface area contributed by atoms with Crippen molar-refractivity contribution in [1.29, 1.82) is 0 Å². The Kier molecular flexibility index (Phi) is 4.03. The molecule has 0 heterocycles. The van der Waals surface area contributed by atoms with E-state index in [1.54, 1.807) is 12.1 Å². The summed E-state index contributed by atoms with van der Waals surface area (Å²) >= 11 is 6.09. The number of halogens is 1. The van der Waals surface area contributed by atoms with Crippen LogP contribution in [0.25, 0.3) is 0 Å². The van der Waals surface area contributed by atoms with E-state index in [1.165, 1.54) is 0 Å². The monoisotopic (exact) mass is 268 g/mol. The van der Waals surface area contributed by atoms with Crippen molar-refractivity contribution in [3.8, 4) is 0 Å². The summed E-state index contributed by atoms with van der Waals surface area (Å²) in [5.74, 6) is 0.727. The van der Waals surface area contributed by atoms with E-state index < -0.39 is 5.60 Å². The first kappa shape index (κ1) is 13.5. The maximum atomic E-state index is 10.5. The number of hydrogen-bond acceptors (Lipinski definition) is 3. The fourth-order valence-corrected chi connectivity index (χ4v) is 2.67. The van der Waals surface area contributed by atoms with Gasteiger partial charge in [0.15, 0.2) is 0 Å². The van der Waals surface area contributed by atoms with Crippen LogP contribution in [0.5, 0.6) is 0 Å². The van der Waals surface area contributed by atoms with Gasteiger partial charge in [0.25, 0.3) is 0 Å². The van der Waals surface area contributed by atoms with Crippen LogP contribution in [-0.2, 0) is 0 Å². The predicted molar refractivity (Wildman–Crippen MR) is 76.9 cm³/mol. The molecule has 0 amide bonds. The van der Waals surface area contributed by atoms with E-state index >= 15 is 0 Å². The summed E-state index contributed by atoms with van der Waals surface area (Å²) in [5, 5.41) is 14.3. The predicted octanol–water partition coefficient (Wildman–Crippen LogP) is 3.28. The lowest BCUT2D eigenvalue weighted by atomic mass is 9.79. The standard InChI is InChI=1S/C14H21ClN2O/c1-10-4-6-14(18,7-5-10)9-17-13-3-2-11(16)8-12(13)15/h2-3,8,10,17-18H,4-7,9,16H2,1H3. The first-order valence-corrected chi connectivity index (χ1v) is 6.88. The summed E-state index contributed by atoms with van der Waals surface area (Å²) in [5.41, 5.74) is 6.53. The average molecular weight is 269 g/mol. The maximum Gasteiger partial charge on any atom is 0.0819 e. The van der Waals surface area contributed by atoms with Gasteiger partial charge in [0.1, 0.15) is 0 Å². The van der Waals surface area contributed by atoms with Gasteiger partial charge in [0.05, 0.1) is 16.3 Å². The van der Waals surface area contributed by atoms with Gasteiger partial charge in [-0.25, -0.2) is 0 Å². The molecule has 1 aromatic rings. The second kappa shape index (κ2) is 5.37. The van der Waals surface area contributed by atoms with Gasteiger partial charge < -0.3 is 16.2 Å². The topological polar surface area (TPSA) is 58.3 Å². The minimum Gasteiger partial charge on any atom is -0.399 e.